The van der Waals surface area contributed by atoms with E-state index >= 15 is 8.78 Å². The van der Waals surface area contributed by atoms with Gasteiger partial charge in [-0.3, -0.25) is 33.7 Å². The van der Waals surface area contributed by atoms with E-state index in [-0.39, 0.29) is 104 Å². The number of Topliss-reactive ketones (excluding diaryl/α,β-unsaturated/α-hetero) is 1. The number of hydrogen-bond acceptors (Lipinski definition) is 14. The number of methoxy groups -OCH3 is 2. The molecule has 0 spiro atoms. The van der Waals surface area contributed by atoms with Crippen molar-refractivity contribution in [2.45, 2.75) is 58.2 Å². The third-order valence-electron chi connectivity index (χ3n) is 10.0. The van der Waals surface area contributed by atoms with Crippen LogP contribution in [-0.4, -0.2) is 129 Å². The molecule has 17 nitrogen and oxygen atoms in total. The number of hydrogen-bond donors (Lipinski definition) is 1. The standard InChI is InChI=1S/C42H48F2N4O13S/c1-24(23-48(2,3)14-13-45-33(50)22-47-35(52)8-9-36(47)53)61-38(56)12-7-28(49)32-18-26-31(62-32)19-30(58-5)42(39(26)43)60-16-6-15-59-41-29(57-4)17-25-20-46(21-27(25)40(41)44)34(51)10-11-37(54)55/h8-9,17-19,24H,6-7,10-16,20-23H2,1-5H3,(H-,45,50,54,55)/t24-/m0/s1. The first-order chi connectivity index (χ1) is 29.4. The maximum absolute atomic E-state index is 15.9. The highest BCUT2D eigenvalue weighted by Crippen LogP contribution is 2.41. The van der Waals surface area contributed by atoms with Crippen LogP contribution in [0.4, 0.5) is 8.78 Å². The number of ketones is 1. The third-order valence-corrected chi connectivity index (χ3v) is 11.2. The maximum atomic E-state index is 15.9. The minimum absolute atomic E-state index is 0.0611. The Hall–Kier alpha value is -6.15. The molecule has 0 saturated carbocycles. The van der Waals surface area contributed by atoms with Crippen molar-refractivity contribution in [3.63, 3.8) is 0 Å². The molecule has 0 aliphatic carbocycles. The number of thiophene rings is 1. The number of benzene rings is 2. The van der Waals surface area contributed by atoms with E-state index in [1.54, 1.807) is 13.0 Å². The average Bonchev–Trinajstić information content (AvgIpc) is 3.94. The minimum atomic E-state index is -1.36. The maximum Gasteiger partial charge on any atom is 0.306 e. The number of esters is 1. The monoisotopic (exact) mass is 886 g/mol. The summed E-state index contributed by atoms with van der Waals surface area (Å²) in [5, 5.41) is 13.6. The molecule has 4 amide bonds. The van der Waals surface area contributed by atoms with Crippen LogP contribution in [0.5, 0.6) is 23.0 Å². The number of carboxylic acids is 1. The number of carboxylic acid groups (broad SMARTS) is 1. The molecule has 2 aromatic carbocycles. The first-order valence-electron chi connectivity index (χ1n) is 19.7. The van der Waals surface area contributed by atoms with Crippen molar-refractivity contribution in [3.05, 3.63) is 58.0 Å². The van der Waals surface area contributed by atoms with Crippen LogP contribution in [-0.2, 0) is 46.6 Å². The predicted molar refractivity (Wildman–Crippen MR) is 215 cm³/mol. The number of nitrogens with zero attached hydrogens (tertiary/aromatic N) is 3. The van der Waals surface area contributed by atoms with E-state index < -0.39 is 65.5 Å². The van der Waals surface area contributed by atoms with Gasteiger partial charge in [0.1, 0.15) is 19.2 Å². The first-order valence-corrected chi connectivity index (χ1v) is 20.5. The molecule has 20 heteroatoms. The number of ether oxygens (including phenoxy) is 5. The second-order valence-electron chi connectivity index (χ2n) is 15.3. The van der Waals surface area contributed by atoms with E-state index in [1.807, 2.05) is 14.1 Å². The highest BCUT2D eigenvalue weighted by molar-refractivity contribution is 7.20. The van der Waals surface area contributed by atoms with Gasteiger partial charge in [0, 0.05) is 72.2 Å². The third kappa shape index (κ3) is 11.8. The fourth-order valence-electron chi connectivity index (χ4n) is 6.95. The van der Waals surface area contributed by atoms with Gasteiger partial charge in [0.2, 0.25) is 11.8 Å². The van der Waals surface area contributed by atoms with Crippen LogP contribution in [0, 0.1) is 11.6 Å². The summed E-state index contributed by atoms with van der Waals surface area (Å²) < 4.78 is 59.9. The zero-order chi connectivity index (χ0) is 45.3. The molecule has 0 saturated heterocycles. The summed E-state index contributed by atoms with van der Waals surface area (Å²) in [5.74, 6) is -6.04. The van der Waals surface area contributed by atoms with Crippen molar-refractivity contribution in [1.29, 1.82) is 0 Å². The zero-order valence-electron chi connectivity index (χ0n) is 35.0. The number of imide groups is 1. The normalized spacial score (nSPS) is 13.9. The summed E-state index contributed by atoms with van der Waals surface area (Å²) in [5.41, 5.74) is 0.730. The van der Waals surface area contributed by atoms with Crippen molar-refractivity contribution in [2.75, 3.05) is 67.7 Å². The molecule has 0 unspecified atom stereocenters. The van der Waals surface area contributed by atoms with Gasteiger partial charge in [-0.2, -0.15) is 0 Å². The minimum Gasteiger partial charge on any atom is -0.550 e. The quantitative estimate of drug-likeness (QED) is 0.0478. The van der Waals surface area contributed by atoms with Gasteiger partial charge in [-0.1, -0.05) is 0 Å². The smallest absolute Gasteiger partial charge is 0.306 e. The summed E-state index contributed by atoms with van der Waals surface area (Å²) in [6.45, 7) is 2.31. The van der Waals surface area contributed by atoms with Gasteiger partial charge >= 0.3 is 5.97 Å². The molecule has 2 aliphatic rings. The molecular weight excluding hydrogens is 839 g/mol. The van der Waals surface area contributed by atoms with Crippen LogP contribution in [0.1, 0.15) is 59.8 Å². The number of quaternary nitrogens is 1. The van der Waals surface area contributed by atoms with Crippen LogP contribution in [0.15, 0.2) is 30.4 Å². The second-order valence-corrected chi connectivity index (χ2v) is 16.4. The number of halogens is 2. The lowest BCUT2D eigenvalue weighted by Gasteiger charge is -2.32. The Bertz CT molecular complexity index is 2260. The van der Waals surface area contributed by atoms with Gasteiger partial charge in [-0.25, -0.2) is 8.78 Å². The van der Waals surface area contributed by atoms with E-state index in [0.717, 1.165) is 28.4 Å². The zero-order valence-corrected chi connectivity index (χ0v) is 35.8. The topological polar surface area (TPSA) is 207 Å². The van der Waals surface area contributed by atoms with Gasteiger partial charge in [-0.05, 0) is 31.0 Å². The molecule has 0 fully saturated rings. The van der Waals surface area contributed by atoms with Crippen molar-refractivity contribution in [2.24, 2.45) is 0 Å². The van der Waals surface area contributed by atoms with Gasteiger partial charge < -0.3 is 48.3 Å². The molecule has 1 N–H and O–H groups in total. The van der Waals surface area contributed by atoms with Gasteiger partial charge in [0.25, 0.3) is 11.8 Å². The van der Waals surface area contributed by atoms with E-state index in [0.29, 0.717) is 27.8 Å². The predicted octanol–water partition coefficient (Wildman–Crippen LogP) is 2.43. The van der Waals surface area contributed by atoms with Crippen LogP contribution < -0.4 is 29.4 Å². The van der Waals surface area contributed by atoms with Crippen LogP contribution in [0.3, 0.4) is 0 Å². The Morgan fingerprint density at radius 1 is 0.887 bits per heavy atom. The molecule has 3 heterocycles. The molecule has 334 valence electrons. The SMILES string of the molecule is COc1cc2c(c(F)c1OCCCOc1c(OC)cc3sc(C(=O)CCC(=O)O[C@@H](C)C[N+](C)(C)CCNC(=O)CN4C(=O)C=CC4=O)cc3c1F)CN(C(=O)CCC(=O)[O-])C2. The Morgan fingerprint density at radius 3 is 2.18 bits per heavy atom. The molecule has 3 aromatic rings. The molecule has 62 heavy (non-hydrogen) atoms. The van der Waals surface area contributed by atoms with Gasteiger partial charge in [0.05, 0.1) is 65.9 Å². The van der Waals surface area contributed by atoms with E-state index in [1.165, 1.54) is 31.3 Å². The van der Waals surface area contributed by atoms with E-state index in [2.05, 4.69) is 5.32 Å². The first kappa shape index (κ1) is 46.9. The summed E-state index contributed by atoms with van der Waals surface area (Å²) >= 11 is 1.03. The van der Waals surface area contributed by atoms with Crippen LogP contribution in [0.25, 0.3) is 10.1 Å². The molecule has 2 aliphatic heterocycles. The highest BCUT2D eigenvalue weighted by atomic mass is 32.1. The summed E-state index contributed by atoms with van der Waals surface area (Å²) in [7, 11) is 6.43. The molecular formula is C42H48F2N4O13S. The van der Waals surface area contributed by atoms with Crippen LogP contribution in [0.2, 0.25) is 0 Å². The number of amides is 4. The Balaban J connectivity index is 1.08. The number of carbonyl (C=O) groups is 7. The van der Waals surface area contributed by atoms with Crippen molar-refractivity contribution in [3.8, 4) is 23.0 Å². The fourth-order valence-corrected chi connectivity index (χ4v) is 8.01. The number of fused-ring (bicyclic) bond motifs is 2. The number of likely N-dealkylation sites (N-methyl/N-ethyl adjacent to an activating group) is 1. The molecule has 0 bridgehead atoms. The molecule has 1 atom stereocenters. The van der Waals surface area contributed by atoms with Gasteiger partial charge in [-0.15, -0.1) is 11.3 Å². The van der Waals surface area contributed by atoms with E-state index in [4.69, 9.17) is 23.7 Å². The van der Waals surface area contributed by atoms with Crippen molar-refractivity contribution in [1.82, 2.24) is 15.1 Å². The second kappa shape index (κ2) is 20.6. The number of rotatable bonds is 23. The lowest BCUT2D eigenvalue weighted by atomic mass is 10.1. The Labute approximate surface area is 359 Å². The largest absolute Gasteiger partial charge is 0.550 e. The Kier molecular flexibility index (Phi) is 15.6. The van der Waals surface area contributed by atoms with Crippen molar-refractivity contribution < 1.29 is 75.6 Å². The van der Waals surface area contributed by atoms with E-state index in [9.17, 15) is 38.7 Å². The van der Waals surface area contributed by atoms with Crippen LogP contribution >= 0.6 is 11.3 Å². The lowest BCUT2D eigenvalue weighted by Crippen LogP contribution is -2.50. The Morgan fingerprint density at radius 2 is 1.53 bits per heavy atom. The number of aliphatic carboxylic acids is 1. The van der Waals surface area contributed by atoms with Crippen molar-refractivity contribution >= 4 is 62.8 Å². The highest BCUT2D eigenvalue weighted by Gasteiger charge is 2.31. The summed E-state index contributed by atoms with van der Waals surface area (Å²) in [6, 6.07) is 4.49. The molecule has 1 aromatic heterocycles. The lowest BCUT2D eigenvalue weighted by molar-refractivity contribution is -0.891. The molecule has 0 radical (unpaired) electrons. The molecule has 5 rings (SSSR count). The van der Waals surface area contributed by atoms with Gasteiger partial charge in [0.15, 0.2) is 40.4 Å². The number of carbonyl (C=O) groups excluding carboxylic acids is 7. The average molecular weight is 887 g/mol. The summed E-state index contributed by atoms with van der Waals surface area (Å²) in [6.07, 6.45) is 0.743. The number of nitrogens with one attached hydrogen (secondary N) is 1. The summed E-state index contributed by atoms with van der Waals surface area (Å²) in [4.78, 5) is 87.0. The fraction of sp³-hybridized carbons (Fsp3) is 0.452.